The van der Waals surface area contributed by atoms with Crippen LogP contribution in [0.15, 0.2) is 58.1 Å². The third-order valence-corrected chi connectivity index (χ3v) is 6.07. The molecule has 2 aromatic heterocycles. The predicted molar refractivity (Wildman–Crippen MR) is 117 cm³/mol. The van der Waals surface area contributed by atoms with Gasteiger partial charge in [-0.2, -0.15) is 0 Å². The maximum absolute atomic E-state index is 14.7. The first-order valence-corrected chi connectivity index (χ1v) is 10.1. The van der Waals surface area contributed by atoms with Crippen molar-refractivity contribution >= 4 is 10.9 Å². The van der Waals surface area contributed by atoms with Gasteiger partial charge >= 0.3 is 5.69 Å². The van der Waals surface area contributed by atoms with E-state index in [4.69, 9.17) is 4.74 Å². The maximum Gasteiger partial charge on any atom is 0.331 e. The summed E-state index contributed by atoms with van der Waals surface area (Å²) in [5.74, 6) is -0.388. The summed E-state index contributed by atoms with van der Waals surface area (Å²) >= 11 is 0. The van der Waals surface area contributed by atoms with E-state index in [1.807, 2.05) is 35.8 Å². The maximum atomic E-state index is 14.7. The minimum atomic E-state index is -0.727. The van der Waals surface area contributed by atoms with Crippen molar-refractivity contribution in [2.75, 3.05) is 6.61 Å². The zero-order chi connectivity index (χ0) is 21.9. The average molecular weight is 419 g/mol. The molecular formula is C24H22FN3O3. The Kier molecular flexibility index (Phi) is 4.44. The van der Waals surface area contributed by atoms with E-state index < -0.39 is 11.8 Å². The Bertz CT molecular complexity index is 1440. The molecule has 0 N–H and O–H groups in total. The first kappa shape index (κ1) is 19.5. The highest BCUT2D eigenvalue weighted by atomic mass is 19.1. The van der Waals surface area contributed by atoms with Gasteiger partial charge in [-0.3, -0.25) is 13.9 Å². The van der Waals surface area contributed by atoms with Crippen LogP contribution < -0.4 is 11.2 Å². The Balaban J connectivity index is 1.96. The molecule has 31 heavy (non-hydrogen) atoms. The van der Waals surface area contributed by atoms with Gasteiger partial charge in [-0.1, -0.05) is 48.0 Å². The van der Waals surface area contributed by atoms with Gasteiger partial charge in [0, 0.05) is 26.2 Å². The van der Waals surface area contributed by atoms with Gasteiger partial charge in [0.05, 0.1) is 28.9 Å². The summed E-state index contributed by atoms with van der Waals surface area (Å²) in [6, 6.07) is 14.4. The smallest absolute Gasteiger partial charge is 0.331 e. The molecule has 0 saturated carbocycles. The van der Waals surface area contributed by atoms with Crippen molar-refractivity contribution in [3.05, 3.63) is 92.0 Å². The molecule has 4 aromatic rings. The molecule has 0 saturated heterocycles. The molecule has 7 heteroatoms. The normalized spacial score (nSPS) is 15.9. The van der Waals surface area contributed by atoms with E-state index in [0.29, 0.717) is 35.3 Å². The molecule has 1 unspecified atom stereocenters. The van der Waals surface area contributed by atoms with E-state index >= 15 is 0 Å². The lowest BCUT2D eigenvalue weighted by Crippen LogP contribution is -2.37. The van der Waals surface area contributed by atoms with Gasteiger partial charge in [0.1, 0.15) is 11.9 Å². The average Bonchev–Trinajstić information content (AvgIpc) is 3.13. The summed E-state index contributed by atoms with van der Waals surface area (Å²) in [4.78, 5) is 26.1. The number of hydrogen-bond acceptors (Lipinski definition) is 3. The highest BCUT2D eigenvalue weighted by molar-refractivity contribution is 5.96. The molecule has 1 aliphatic heterocycles. The second-order valence-corrected chi connectivity index (χ2v) is 7.95. The van der Waals surface area contributed by atoms with E-state index in [0.717, 1.165) is 21.4 Å². The van der Waals surface area contributed by atoms with Gasteiger partial charge in [-0.25, -0.2) is 9.18 Å². The first-order valence-electron chi connectivity index (χ1n) is 10.1. The molecule has 0 spiro atoms. The van der Waals surface area contributed by atoms with Crippen LogP contribution in [0, 0.1) is 12.7 Å². The van der Waals surface area contributed by atoms with Crippen LogP contribution in [0.4, 0.5) is 4.39 Å². The summed E-state index contributed by atoms with van der Waals surface area (Å²) in [6.07, 6.45) is -0.727. The monoisotopic (exact) mass is 419 g/mol. The Labute approximate surface area is 177 Å². The SMILES string of the molecule is Cc1ccc(-c2c3c(=O)n(C)c(=O)n(C)c3c3n2CCOC3c2ccccc2F)cc1. The van der Waals surface area contributed by atoms with Crippen LogP contribution in [0.3, 0.4) is 0 Å². The summed E-state index contributed by atoms with van der Waals surface area (Å²) < 4.78 is 25.4. The van der Waals surface area contributed by atoms with E-state index in [9.17, 15) is 14.0 Å². The second-order valence-electron chi connectivity index (χ2n) is 7.95. The van der Waals surface area contributed by atoms with Gasteiger partial charge in [0.2, 0.25) is 0 Å². The van der Waals surface area contributed by atoms with Gasteiger partial charge < -0.3 is 9.30 Å². The van der Waals surface area contributed by atoms with E-state index in [1.54, 1.807) is 25.2 Å². The fraction of sp³-hybridized carbons (Fsp3) is 0.250. The summed E-state index contributed by atoms with van der Waals surface area (Å²) in [5, 5.41) is 0.440. The minimum Gasteiger partial charge on any atom is -0.365 e. The predicted octanol–water partition coefficient (Wildman–Crippen LogP) is 3.27. The highest BCUT2D eigenvalue weighted by Crippen LogP contribution is 2.41. The molecule has 5 rings (SSSR count). The van der Waals surface area contributed by atoms with Crippen molar-refractivity contribution < 1.29 is 9.13 Å². The molecule has 1 atom stereocenters. The first-order chi connectivity index (χ1) is 14.9. The van der Waals surface area contributed by atoms with Crippen molar-refractivity contribution in [3.8, 4) is 11.3 Å². The van der Waals surface area contributed by atoms with E-state index in [1.165, 1.54) is 17.7 Å². The van der Waals surface area contributed by atoms with Gasteiger partial charge in [0.15, 0.2) is 0 Å². The van der Waals surface area contributed by atoms with E-state index in [-0.39, 0.29) is 11.4 Å². The topological polar surface area (TPSA) is 58.2 Å². The third kappa shape index (κ3) is 2.80. The molecule has 0 amide bonds. The molecule has 0 radical (unpaired) electrons. The van der Waals surface area contributed by atoms with Crippen molar-refractivity contribution in [1.82, 2.24) is 13.7 Å². The third-order valence-electron chi connectivity index (χ3n) is 6.07. The van der Waals surface area contributed by atoms with Crippen LogP contribution in [0.2, 0.25) is 0 Å². The molecule has 3 heterocycles. The lowest BCUT2D eigenvalue weighted by atomic mass is 10.0. The Morgan fingerprint density at radius 2 is 1.71 bits per heavy atom. The molecule has 1 aliphatic rings. The number of aromatic nitrogens is 3. The number of benzene rings is 2. The quantitative estimate of drug-likeness (QED) is 0.501. The molecule has 0 fully saturated rings. The highest BCUT2D eigenvalue weighted by Gasteiger charge is 2.34. The van der Waals surface area contributed by atoms with Crippen LogP contribution in [0.5, 0.6) is 0 Å². The van der Waals surface area contributed by atoms with Crippen LogP contribution in [0.1, 0.15) is 22.9 Å². The zero-order valence-corrected chi connectivity index (χ0v) is 17.6. The lowest BCUT2D eigenvalue weighted by Gasteiger charge is -2.28. The number of aryl methyl sites for hydroxylation is 2. The second kappa shape index (κ2) is 7.06. The van der Waals surface area contributed by atoms with Crippen molar-refractivity contribution in [3.63, 3.8) is 0 Å². The van der Waals surface area contributed by atoms with Crippen molar-refractivity contribution in [2.45, 2.75) is 19.6 Å². The fourth-order valence-electron chi connectivity index (χ4n) is 4.52. The van der Waals surface area contributed by atoms with Crippen LogP contribution in [-0.4, -0.2) is 20.3 Å². The minimum absolute atomic E-state index is 0.361. The number of halogens is 1. The van der Waals surface area contributed by atoms with E-state index in [2.05, 4.69) is 0 Å². The number of ether oxygens (including phenoxy) is 1. The van der Waals surface area contributed by atoms with Crippen molar-refractivity contribution in [2.24, 2.45) is 14.1 Å². The van der Waals surface area contributed by atoms with Crippen LogP contribution in [0.25, 0.3) is 22.2 Å². The summed E-state index contributed by atoms with van der Waals surface area (Å²) in [5.41, 5.74) is 3.38. The summed E-state index contributed by atoms with van der Waals surface area (Å²) in [6.45, 7) is 2.86. The standard InChI is InChI=1S/C24H22FN3O3/c1-14-8-10-15(11-9-14)19-18-20(26(2)24(30)27(3)23(18)29)21-22(31-13-12-28(19)21)16-6-4-5-7-17(16)25/h4-11,22H,12-13H2,1-3H3. The van der Waals surface area contributed by atoms with Crippen molar-refractivity contribution in [1.29, 1.82) is 0 Å². The Morgan fingerprint density at radius 1 is 1.00 bits per heavy atom. The van der Waals surface area contributed by atoms with Gasteiger partial charge in [-0.15, -0.1) is 0 Å². The van der Waals surface area contributed by atoms with Gasteiger partial charge in [-0.05, 0) is 18.6 Å². The Morgan fingerprint density at radius 3 is 2.42 bits per heavy atom. The molecule has 0 aliphatic carbocycles. The molecule has 158 valence electrons. The molecule has 6 nitrogen and oxygen atoms in total. The van der Waals surface area contributed by atoms with Crippen LogP contribution >= 0.6 is 0 Å². The largest absolute Gasteiger partial charge is 0.365 e. The summed E-state index contributed by atoms with van der Waals surface area (Å²) in [7, 11) is 3.11. The van der Waals surface area contributed by atoms with Gasteiger partial charge in [0.25, 0.3) is 5.56 Å². The molecule has 0 bridgehead atoms. The molecule has 2 aromatic carbocycles. The number of fused-ring (bicyclic) bond motifs is 3. The lowest BCUT2D eigenvalue weighted by molar-refractivity contribution is 0.0457. The number of rotatable bonds is 2. The van der Waals surface area contributed by atoms with Crippen LogP contribution in [-0.2, 0) is 25.4 Å². The zero-order valence-electron chi connectivity index (χ0n) is 17.6. The number of nitrogens with zero attached hydrogens (tertiary/aromatic N) is 3. The molecular weight excluding hydrogens is 397 g/mol. The number of hydrogen-bond donors (Lipinski definition) is 0. The Hall–Kier alpha value is -3.45. The fourth-order valence-corrected chi connectivity index (χ4v) is 4.52.